The van der Waals surface area contributed by atoms with E-state index in [2.05, 4.69) is 11.3 Å². The minimum atomic E-state index is -4.90. The first-order valence-corrected chi connectivity index (χ1v) is 7.13. The molecule has 2 bridgehead atoms. The maximum Gasteiger partial charge on any atom is 0.422 e. The predicted octanol–water partition coefficient (Wildman–Crippen LogP) is 0.285. The van der Waals surface area contributed by atoms with Gasteiger partial charge in [-0.05, 0) is 6.42 Å². The molecule has 0 aliphatic carbocycles. The van der Waals surface area contributed by atoms with Gasteiger partial charge in [-0.15, -0.1) is 0 Å². The van der Waals surface area contributed by atoms with Crippen LogP contribution in [0.2, 0.25) is 0 Å². The zero-order valence-corrected chi connectivity index (χ0v) is 10.6. The molecule has 0 amide bonds. The van der Waals surface area contributed by atoms with Crippen LogP contribution in [0.4, 0.5) is 13.2 Å². The Labute approximate surface area is 111 Å². The number of fused-ring (bicyclic) bond motifs is 1. The summed E-state index contributed by atoms with van der Waals surface area (Å²) in [5.74, 6) is -1.65. The smallest absolute Gasteiger partial charge is 0.422 e. The molecule has 0 aromatic heterocycles. The van der Waals surface area contributed by atoms with Crippen molar-refractivity contribution in [3.05, 3.63) is 12.2 Å². The van der Waals surface area contributed by atoms with Crippen LogP contribution in [-0.2, 0) is 28.6 Å². The lowest BCUT2D eigenvalue weighted by Crippen LogP contribution is -2.42. The summed E-state index contributed by atoms with van der Waals surface area (Å²) >= 11 is 0. The number of hydrogen-bond acceptors (Lipinski definition) is 6. The molecule has 112 valence electrons. The molecule has 0 spiro atoms. The highest BCUT2D eigenvalue weighted by Crippen LogP contribution is 2.48. The van der Waals surface area contributed by atoms with E-state index in [-0.39, 0.29) is 6.42 Å². The molecule has 3 fully saturated rings. The van der Waals surface area contributed by atoms with Gasteiger partial charge in [0.25, 0.3) is 10.1 Å². The first-order chi connectivity index (χ1) is 9.11. The van der Waals surface area contributed by atoms with Crippen molar-refractivity contribution in [2.24, 2.45) is 0 Å². The molecule has 0 radical (unpaired) electrons. The number of halogens is 3. The second-order valence-electron chi connectivity index (χ2n) is 4.81. The molecule has 0 aromatic carbocycles. The van der Waals surface area contributed by atoms with Crippen LogP contribution in [-0.4, -0.2) is 50.2 Å². The summed E-state index contributed by atoms with van der Waals surface area (Å²) in [5, 5.41) is -0.835. The molecule has 20 heavy (non-hydrogen) atoms. The molecular formula is C10H9F3O6S. The van der Waals surface area contributed by atoms with Gasteiger partial charge in [-0.3, -0.25) is 4.18 Å². The van der Waals surface area contributed by atoms with E-state index in [1.54, 1.807) is 0 Å². The fraction of sp³-hybridized carbons (Fsp3) is 0.700. The number of carbonyl (C=O) groups excluding carboxylic acids is 1. The van der Waals surface area contributed by atoms with Gasteiger partial charge in [0.2, 0.25) is 0 Å². The number of esters is 1. The molecule has 3 aliphatic rings. The van der Waals surface area contributed by atoms with Crippen molar-refractivity contribution in [3.8, 4) is 0 Å². The van der Waals surface area contributed by atoms with Crippen molar-refractivity contribution in [2.45, 2.75) is 42.3 Å². The Morgan fingerprint density at radius 1 is 1.30 bits per heavy atom. The second kappa shape index (κ2) is 3.95. The van der Waals surface area contributed by atoms with E-state index in [1.165, 1.54) is 0 Å². The molecule has 3 rings (SSSR count). The lowest BCUT2D eigenvalue weighted by Gasteiger charge is -2.22. The van der Waals surface area contributed by atoms with Crippen LogP contribution in [0.5, 0.6) is 0 Å². The Morgan fingerprint density at radius 3 is 2.55 bits per heavy atom. The molecule has 10 heteroatoms. The summed E-state index contributed by atoms with van der Waals surface area (Å²) in [4.78, 5) is 11.4. The minimum absolute atomic E-state index is 0.0416. The Bertz CT molecular complexity index is 582. The monoisotopic (exact) mass is 314 g/mol. The Morgan fingerprint density at radius 2 is 1.95 bits per heavy atom. The third kappa shape index (κ3) is 1.85. The molecule has 0 aromatic rings. The number of hydrogen-bond donors (Lipinski definition) is 0. The van der Waals surface area contributed by atoms with E-state index in [1.807, 2.05) is 0 Å². The molecule has 5 unspecified atom stereocenters. The normalized spacial score (nSPS) is 40.9. The molecule has 3 heterocycles. The van der Waals surface area contributed by atoms with Gasteiger partial charge >= 0.3 is 12.1 Å². The fourth-order valence-electron chi connectivity index (χ4n) is 2.68. The Kier molecular flexibility index (Phi) is 2.73. The topological polar surface area (TPSA) is 78.9 Å². The summed E-state index contributed by atoms with van der Waals surface area (Å²) in [7, 11) is -3.81. The van der Waals surface area contributed by atoms with Gasteiger partial charge in [-0.1, -0.05) is 6.58 Å². The Balaban J connectivity index is 1.75. The van der Waals surface area contributed by atoms with Gasteiger partial charge in [-0.25, -0.2) is 4.79 Å². The van der Waals surface area contributed by atoms with Gasteiger partial charge in [0.1, 0.15) is 23.0 Å². The van der Waals surface area contributed by atoms with Crippen LogP contribution in [0.15, 0.2) is 12.2 Å². The second-order valence-corrected chi connectivity index (χ2v) is 6.60. The number of carbonyl (C=O) groups is 1. The zero-order chi connectivity index (χ0) is 14.9. The van der Waals surface area contributed by atoms with Gasteiger partial charge in [0.05, 0.1) is 6.10 Å². The molecule has 3 aliphatic heterocycles. The van der Waals surface area contributed by atoms with Crippen LogP contribution in [0.25, 0.3) is 0 Å². The summed E-state index contributed by atoms with van der Waals surface area (Å²) in [6.07, 6.45) is -8.66. The van der Waals surface area contributed by atoms with Crippen LogP contribution in [0.1, 0.15) is 6.42 Å². The largest absolute Gasteiger partial charge is 0.453 e. The van der Waals surface area contributed by atoms with E-state index < -0.39 is 57.5 Å². The summed E-state index contributed by atoms with van der Waals surface area (Å²) < 4.78 is 74.8. The van der Waals surface area contributed by atoms with Gasteiger partial charge in [0.15, 0.2) is 6.10 Å². The fourth-order valence-corrected chi connectivity index (χ4v) is 4.32. The average Bonchev–Trinajstić information content (AvgIpc) is 2.90. The standard InChI is InChI=1S/C10H9F3O6S/c1-3(10(11,12)13)9(14)18-6-4-2-5-7(17-4)8(6)19-20(5,15)16/h4-8H,1-2H2. The van der Waals surface area contributed by atoms with Crippen LogP contribution in [0.3, 0.4) is 0 Å². The highest BCUT2D eigenvalue weighted by molar-refractivity contribution is 7.87. The highest BCUT2D eigenvalue weighted by atomic mass is 32.2. The summed E-state index contributed by atoms with van der Waals surface area (Å²) in [6, 6.07) is 0. The van der Waals surface area contributed by atoms with E-state index >= 15 is 0 Å². The van der Waals surface area contributed by atoms with Crippen molar-refractivity contribution in [2.75, 3.05) is 0 Å². The van der Waals surface area contributed by atoms with Crippen LogP contribution < -0.4 is 0 Å². The number of ether oxygens (including phenoxy) is 2. The predicted molar refractivity (Wildman–Crippen MR) is 55.9 cm³/mol. The van der Waals surface area contributed by atoms with Crippen molar-refractivity contribution in [1.29, 1.82) is 0 Å². The molecule has 0 saturated carbocycles. The minimum Gasteiger partial charge on any atom is -0.453 e. The van der Waals surface area contributed by atoms with Crippen molar-refractivity contribution >= 4 is 16.1 Å². The van der Waals surface area contributed by atoms with E-state index in [9.17, 15) is 26.4 Å². The molecule has 0 N–H and O–H groups in total. The van der Waals surface area contributed by atoms with E-state index in [0.717, 1.165) is 0 Å². The van der Waals surface area contributed by atoms with E-state index in [4.69, 9.17) is 8.92 Å². The van der Waals surface area contributed by atoms with Gasteiger partial charge in [0, 0.05) is 0 Å². The molecule has 5 atom stereocenters. The maximum absolute atomic E-state index is 12.3. The van der Waals surface area contributed by atoms with Crippen molar-refractivity contribution in [3.63, 3.8) is 0 Å². The first kappa shape index (κ1) is 13.8. The average molecular weight is 314 g/mol. The lowest BCUT2D eigenvalue weighted by molar-refractivity contribution is -0.160. The maximum atomic E-state index is 12.3. The van der Waals surface area contributed by atoms with Crippen LogP contribution >= 0.6 is 0 Å². The zero-order valence-electron chi connectivity index (χ0n) is 9.79. The highest BCUT2D eigenvalue weighted by Gasteiger charge is 2.67. The first-order valence-electron chi connectivity index (χ1n) is 5.66. The lowest BCUT2D eigenvalue weighted by atomic mass is 9.94. The SMILES string of the molecule is C=C(C(=O)OC1C2CC3C(O2)C1OS3(=O)=O)C(F)(F)F. The third-order valence-electron chi connectivity index (χ3n) is 3.62. The number of rotatable bonds is 2. The number of alkyl halides is 3. The van der Waals surface area contributed by atoms with Gasteiger partial charge in [-0.2, -0.15) is 21.6 Å². The Hall–Kier alpha value is -1.13. The molecule has 3 saturated heterocycles. The molecule has 6 nitrogen and oxygen atoms in total. The van der Waals surface area contributed by atoms with Crippen molar-refractivity contribution in [1.82, 2.24) is 0 Å². The van der Waals surface area contributed by atoms with E-state index in [0.29, 0.717) is 0 Å². The quantitative estimate of drug-likeness (QED) is 0.414. The third-order valence-corrected chi connectivity index (χ3v) is 5.32. The summed E-state index contributed by atoms with van der Waals surface area (Å²) in [6.45, 7) is 2.62. The molecular weight excluding hydrogens is 305 g/mol. The summed E-state index contributed by atoms with van der Waals surface area (Å²) in [5.41, 5.74) is -1.65. The van der Waals surface area contributed by atoms with Crippen LogP contribution in [0, 0.1) is 0 Å². The van der Waals surface area contributed by atoms with Gasteiger partial charge < -0.3 is 9.47 Å². The van der Waals surface area contributed by atoms with Crippen molar-refractivity contribution < 1.29 is 40.0 Å².